The molecule has 0 N–H and O–H groups in total. The van der Waals surface area contributed by atoms with Crippen molar-refractivity contribution in [3.05, 3.63) is 40.7 Å². The zero-order chi connectivity index (χ0) is 9.84. The average Bonchev–Trinajstić information content (AvgIpc) is 2.11. The van der Waals surface area contributed by atoms with Gasteiger partial charge in [-0.3, -0.25) is 0 Å². The zero-order valence-corrected chi connectivity index (χ0v) is 8.53. The Balaban J connectivity index is 3.27. The molecular formula is C11H12ClF. The Morgan fingerprint density at radius 1 is 1.54 bits per heavy atom. The van der Waals surface area contributed by atoms with Crippen molar-refractivity contribution in [3.63, 3.8) is 0 Å². The van der Waals surface area contributed by atoms with E-state index in [1.807, 2.05) is 19.9 Å². The van der Waals surface area contributed by atoms with Crippen LogP contribution in [0.3, 0.4) is 0 Å². The van der Waals surface area contributed by atoms with Crippen LogP contribution in [0, 0.1) is 5.82 Å². The van der Waals surface area contributed by atoms with Crippen LogP contribution in [0.25, 0.3) is 5.57 Å². The molecule has 0 saturated carbocycles. The number of halogens is 2. The third-order valence-corrected chi connectivity index (χ3v) is 2.33. The van der Waals surface area contributed by atoms with Crippen molar-refractivity contribution >= 4 is 17.2 Å². The van der Waals surface area contributed by atoms with Crippen molar-refractivity contribution < 1.29 is 4.39 Å². The third-order valence-electron chi connectivity index (χ3n) is 2.01. The minimum absolute atomic E-state index is 0.248. The van der Waals surface area contributed by atoms with Crippen molar-refractivity contribution in [3.8, 4) is 0 Å². The fourth-order valence-corrected chi connectivity index (χ4v) is 1.61. The molecule has 0 aliphatic heterocycles. The molecule has 70 valence electrons. The molecule has 0 bridgehead atoms. The molecule has 0 aliphatic rings. The smallest absolute Gasteiger partial charge is 0.132 e. The van der Waals surface area contributed by atoms with Crippen molar-refractivity contribution in [1.29, 1.82) is 0 Å². The Bertz CT molecular complexity index is 309. The van der Waals surface area contributed by atoms with E-state index in [2.05, 4.69) is 0 Å². The molecule has 1 rings (SSSR count). The van der Waals surface area contributed by atoms with Gasteiger partial charge in [-0.25, -0.2) is 4.39 Å². The van der Waals surface area contributed by atoms with Gasteiger partial charge < -0.3 is 0 Å². The zero-order valence-electron chi connectivity index (χ0n) is 7.77. The van der Waals surface area contributed by atoms with Gasteiger partial charge in [-0.2, -0.15) is 0 Å². The SMILES string of the molecule is C/C=C(\CC)c1c(F)cccc1Cl. The van der Waals surface area contributed by atoms with Crippen molar-refractivity contribution in [2.45, 2.75) is 20.3 Å². The first-order valence-electron chi connectivity index (χ1n) is 4.30. The van der Waals surface area contributed by atoms with Gasteiger partial charge in [0.15, 0.2) is 0 Å². The van der Waals surface area contributed by atoms with E-state index < -0.39 is 0 Å². The fraction of sp³-hybridized carbons (Fsp3) is 0.273. The predicted octanol–water partition coefficient (Wildman–Crippen LogP) is 4.29. The van der Waals surface area contributed by atoms with Gasteiger partial charge in [0.1, 0.15) is 5.82 Å². The molecule has 0 unspecified atom stereocenters. The van der Waals surface area contributed by atoms with Gasteiger partial charge in [-0.1, -0.05) is 30.7 Å². The quantitative estimate of drug-likeness (QED) is 0.665. The predicted molar refractivity (Wildman–Crippen MR) is 55.4 cm³/mol. The molecule has 0 heterocycles. The van der Waals surface area contributed by atoms with E-state index in [9.17, 15) is 4.39 Å². The lowest BCUT2D eigenvalue weighted by molar-refractivity contribution is 0.623. The minimum atomic E-state index is -0.248. The first kappa shape index (κ1) is 10.3. The summed E-state index contributed by atoms with van der Waals surface area (Å²) in [6.45, 7) is 3.87. The molecule has 13 heavy (non-hydrogen) atoms. The standard InChI is InChI=1S/C11H12ClF/c1-3-8(4-2)11-9(12)6-5-7-10(11)13/h3,5-7H,4H2,1-2H3/b8-3+. The van der Waals surface area contributed by atoms with Gasteiger partial charge in [0.2, 0.25) is 0 Å². The molecule has 2 heteroatoms. The van der Waals surface area contributed by atoms with Crippen LogP contribution in [-0.2, 0) is 0 Å². The van der Waals surface area contributed by atoms with E-state index in [0.29, 0.717) is 10.6 Å². The lowest BCUT2D eigenvalue weighted by Gasteiger charge is -2.07. The highest BCUT2D eigenvalue weighted by Crippen LogP contribution is 2.28. The normalized spacial score (nSPS) is 11.8. The Labute approximate surface area is 83.0 Å². The first-order chi connectivity index (χ1) is 6.20. The van der Waals surface area contributed by atoms with Gasteiger partial charge in [0.25, 0.3) is 0 Å². The van der Waals surface area contributed by atoms with E-state index in [-0.39, 0.29) is 5.82 Å². The maximum Gasteiger partial charge on any atom is 0.132 e. The summed E-state index contributed by atoms with van der Waals surface area (Å²) in [6.07, 6.45) is 2.68. The van der Waals surface area contributed by atoms with Crippen LogP contribution in [0.5, 0.6) is 0 Å². The lowest BCUT2D eigenvalue weighted by atomic mass is 10.0. The molecule has 0 fully saturated rings. The summed E-state index contributed by atoms with van der Waals surface area (Å²) in [4.78, 5) is 0. The topological polar surface area (TPSA) is 0 Å². The Morgan fingerprint density at radius 3 is 2.69 bits per heavy atom. The van der Waals surface area contributed by atoms with E-state index >= 15 is 0 Å². The highest BCUT2D eigenvalue weighted by molar-refractivity contribution is 6.32. The molecular weight excluding hydrogens is 187 g/mol. The van der Waals surface area contributed by atoms with Crippen LogP contribution in [0.4, 0.5) is 4.39 Å². The number of hydrogen-bond acceptors (Lipinski definition) is 0. The summed E-state index contributed by atoms with van der Waals surface area (Å²) >= 11 is 5.90. The molecule has 1 aromatic rings. The van der Waals surface area contributed by atoms with Crippen molar-refractivity contribution in [1.82, 2.24) is 0 Å². The van der Waals surface area contributed by atoms with Crippen molar-refractivity contribution in [2.75, 3.05) is 0 Å². The first-order valence-corrected chi connectivity index (χ1v) is 4.68. The second kappa shape index (κ2) is 4.43. The Hall–Kier alpha value is -0.820. The second-order valence-electron chi connectivity index (χ2n) is 2.76. The summed E-state index contributed by atoms with van der Waals surface area (Å²) < 4.78 is 13.3. The number of rotatable bonds is 2. The molecule has 0 spiro atoms. The van der Waals surface area contributed by atoms with Crippen LogP contribution < -0.4 is 0 Å². The van der Waals surface area contributed by atoms with Crippen LogP contribution in [-0.4, -0.2) is 0 Å². The van der Waals surface area contributed by atoms with Gasteiger partial charge in [0.05, 0.1) is 5.02 Å². The maximum atomic E-state index is 13.3. The highest BCUT2D eigenvalue weighted by atomic mass is 35.5. The molecule has 0 radical (unpaired) electrons. The summed E-state index contributed by atoms with van der Waals surface area (Å²) in [6, 6.07) is 4.75. The lowest BCUT2D eigenvalue weighted by Crippen LogP contribution is -1.89. The van der Waals surface area contributed by atoms with Crippen molar-refractivity contribution in [2.24, 2.45) is 0 Å². The van der Waals surface area contributed by atoms with Crippen LogP contribution in [0.2, 0.25) is 5.02 Å². The summed E-state index contributed by atoms with van der Waals surface area (Å²) in [5.74, 6) is -0.248. The Morgan fingerprint density at radius 2 is 2.23 bits per heavy atom. The molecule has 0 amide bonds. The fourth-order valence-electron chi connectivity index (χ4n) is 1.33. The number of hydrogen-bond donors (Lipinski definition) is 0. The van der Waals surface area contributed by atoms with E-state index in [1.54, 1.807) is 12.1 Å². The summed E-state index contributed by atoms with van der Waals surface area (Å²) in [7, 11) is 0. The third kappa shape index (κ3) is 2.10. The van der Waals surface area contributed by atoms with Gasteiger partial charge in [0, 0.05) is 5.56 Å². The highest BCUT2D eigenvalue weighted by Gasteiger charge is 2.09. The van der Waals surface area contributed by atoms with E-state index in [1.165, 1.54) is 6.07 Å². The minimum Gasteiger partial charge on any atom is -0.206 e. The van der Waals surface area contributed by atoms with Crippen LogP contribution in [0.15, 0.2) is 24.3 Å². The average molecular weight is 199 g/mol. The molecule has 0 saturated heterocycles. The molecule has 0 aromatic heterocycles. The second-order valence-corrected chi connectivity index (χ2v) is 3.17. The van der Waals surface area contributed by atoms with Gasteiger partial charge >= 0.3 is 0 Å². The molecule has 0 aliphatic carbocycles. The van der Waals surface area contributed by atoms with E-state index in [4.69, 9.17) is 11.6 Å². The largest absolute Gasteiger partial charge is 0.206 e. The molecule has 1 aromatic carbocycles. The van der Waals surface area contributed by atoms with Crippen LogP contribution in [0.1, 0.15) is 25.8 Å². The van der Waals surface area contributed by atoms with Gasteiger partial charge in [-0.15, -0.1) is 0 Å². The summed E-state index contributed by atoms with van der Waals surface area (Å²) in [5, 5.41) is 0.481. The Kier molecular flexibility index (Phi) is 3.49. The molecule has 0 nitrogen and oxygen atoms in total. The molecule has 0 atom stereocenters. The van der Waals surface area contributed by atoms with E-state index in [0.717, 1.165) is 12.0 Å². The summed E-state index contributed by atoms with van der Waals surface area (Å²) in [5.41, 5.74) is 1.48. The van der Waals surface area contributed by atoms with Crippen LogP contribution >= 0.6 is 11.6 Å². The van der Waals surface area contributed by atoms with Gasteiger partial charge in [-0.05, 0) is 31.1 Å². The maximum absolute atomic E-state index is 13.3. The number of allylic oxidation sites excluding steroid dienone is 2. The number of benzene rings is 1. The monoisotopic (exact) mass is 198 g/mol.